The van der Waals surface area contributed by atoms with Crippen molar-refractivity contribution in [3.05, 3.63) is 84.1 Å². The van der Waals surface area contributed by atoms with E-state index in [1.807, 2.05) is 60.7 Å². The summed E-state index contributed by atoms with van der Waals surface area (Å²) in [6.07, 6.45) is 0.832. The molecule has 1 heterocycles. The van der Waals surface area contributed by atoms with E-state index in [0.717, 1.165) is 11.1 Å². The molecule has 7 heteroatoms. The van der Waals surface area contributed by atoms with Gasteiger partial charge in [-0.3, -0.25) is 0 Å². The van der Waals surface area contributed by atoms with E-state index in [1.165, 1.54) is 0 Å². The molecule has 7 nitrogen and oxygen atoms in total. The molecule has 0 aliphatic rings. The number of rotatable bonds is 13. The summed E-state index contributed by atoms with van der Waals surface area (Å²) in [4.78, 5) is 4.36. The molecule has 0 amide bonds. The number of hydrogen-bond acceptors (Lipinski definition) is 7. The van der Waals surface area contributed by atoms with Crippen LogP contribution in [-0.4, -0.2) is 47.6 Å². The normalized spacial score (nSPS) is 11.7. The lowest BCUT2D eigenvalue weighted by atomic mass is 10.2. The van der Waals surface area contributed by atoms with Gasteiger partial charge < -0.3 is 29.7 Å². The van der Waals surface area contributed by atoms with Crippen molar-refractivity contribution in [1.29, 1.82) is 0 Å². The summed E-state index contributed by atoms with van der Waals surface area (Å²) in [5, 5.41) is 21.7. The Hall–Kier alpha value is -3.13. The van der Waals surface area contributed by atoms with Gasteiger partial charge in [-0.1, -0.05) is 60.7 Å². The van der Waals surface area contributed by atoms with Crippen molar-refractivity contribution < 1.29 is 24.4 Å². The Morgan fingerprint density at radius 3 is 2.16 bits per heavy atom. The number of nitrogens with zero attached hydrogens (tertiary/aromatic N) is 1. The minimum Gasteiger partial charge on any atom is -0.489 e. The van der Waals surface area contributed by atoms with Crippen molar-refractivity contribution in [3.63, 3.8) is 0 Å². The third-order valence-electron chi connectivity index (χ3n) is 4.36. The van der Waals surface area contributed by atoms with Crippen LogP contribution in [0.1, 0.15) is 11.1 Å². The van der Waals surface area contributed by atoms with Crippen LogP contribution in [0.2, 0.25) is 0 Å². The molecule has 0 saturated carbocycles. The van der Waals surface area contributed by atoms with Gasteiger partial charge in [-0.25, -0.2) is 4.98 Å². The molecule has 1 atom stereocenters. The minimum atomic E-state index is -0.714. The maximum Gasteiger partial charge on any atom is 0.257 e. The second-order valence-electron chi connectivity index (χ2n) is 6.92. The van der Waals surface area contributed by atoms with E-state index in [2.05, 4.69) is 10.3 Å². The number of benzene rings is 2. The molecule has 0 unspecified atom stereocenters. The predicted molar refractivity (Wildman–Crippen MR) is 117 cm³/mol. The Morgan fingerprint density at radius 1 is 0.871 bits per heavy atom. The first-order valence-corrected chi connectivity index (χ1v) is 10.2. The standard InChI is InChI=1S/C24H28N2O5/c27-12-11-25-14-21(28)18-29-22-13-23(30-16-19-7-3-1-4-8-19)24(26-15-22)31-17-20-9-5-2-6-10-20/h1-10,13,15,21,25,27-28H,11-12,14,16-18H2/t21-/m1/s1. The van der Waals surface area contributed by atoms with Gasteiger partial charge in [0.15, 0.2) is 5.75 Å². The summed E-state index contributed by atoms with van der Waals surface area (Å²) < 4.78 is 17.5. The van der Waals surface area contributed by atoms with Gasteiger partial charge in [-0.15, -0.1) is 0 Å². The number of aromatic nitrogens is 1. The topological polar surface area (TPSA) is 93.1 Å². The van der Waals surface area contributed by atoms with Gasteiger partial charge in [0.1, 0.15) is 31.7 Å². The molecule has 2 aromatic carbocycles. The number of nitrogens with one attached hydrogen (secondary N) is 1. The van der Waals surface area contributed by atoms with E-state index in [-0.39, 0.29) is 13.2 Å². The molecule has 0 saturated heterocycles. The van der Waals surface area contributed by atoms with E-state index < -0.39 is 6.10 Å². The summed E-state index contributed by atoms with van der Waals surface area (Å²) in [5.74, 6) is 1.30. The quantitative estimate of drug-likeness (QED) is 0.363. The molecule has 3 aromatic rings. The third kappa shape index (κ3) is 7.90. The fourth-order valence-corrected chi connectivity index (χ4v) is 2.77. The molecular formula is C24H28N2O5. The zero-order valence-corrected chi connectivity index (χ0v) is 17.3. The van der Waals surface area contributed by atoms with Crippen LogP contribution in [0.4, 0.5) is 0 Å². The van der Waals surface area contributed by atoms with Gasteiger partial charge >= 0.3 is 0 Å². The molecule has 1 aromatic heterocycles. The number of hydrogen-bond donors (Lipinski definition) is 3. The van der Waals surface area contributed by atoms with Crippen LogP contribution in [0.5, 0.6) is 17.4 Å². The van der Waals surface area contributed by atoms with Crippen molar-refractivity contribution in [2.45, 2.75) is 19.3 Å². The number of ether oxygens (including phenoxy) is 3. The number of pyridine rings is 1. The summed E-state index contributed by atoms with van der Waals surface area (Å²) in [6.45, 7) is 1.58. The molecule has 164 valence electrons. The molecule has 3 N–H and O–H groups in total. The predicted octanol–water partition coefficient (Wildman–Crippen LogP) is 2.56. The molecule has 31 heavy (non-hydrogen) atoms. The number of aliphatic hydroxyl groups excluding tert-OH is 2. The lowest BCUT2D eigenvalue weighted by molar-refractivity contribution is 0.104. The lowest BCUT2D eigenvalue weighted by Crippen LogP contribution is -2.32. The van der Waals surface area contributed by atoms with E-state index >= 15 is 0 Å². The van der Waals surface area contributed by atoms with E-state index in [1.54, 1.807) is 12.3 Å². The van der Waals surface area contributed by atoms with Crippen molar-refractivity contribution in [2.24, 2.45) is 0 Å². The van der Waals surface area contributed by atoms with Gasteiger partial charge in [-0.2, -0.15) is 0 Å². The van der Waals surface area contributed by atoms with E-state index in [9.17, 15) is 5.11 Å². The Bertz CT molecular complexity index is 893. The summed E-state index contributed by atoms with van der Waals surface area (Å²) in [7, 11) is 0. The first-order chi connectivity index (χ1) is 15.2. The monoisotopic (exact) mass is 424 g/mol. The van der Waals surface area contributed by atoms with Crippen LogP contribution in [0.15, 0.2) is 72.9 Å². The first-order valence-electron chi connectivity index (χ1n) is 10.2. The third-order valence-corrected chi connectivity index (χ3v) is 4.36. The van der Waals surface area contributed by atoms with Crippen LogP contribution in [0.25, 0.3) is 0 Å². The molecule has 3 rings (SSSR count). The van der Waals surface area contributed by atoms with Gasteiger partial charge in [0.25, 0.3) is 5.88 Å². The highest BCUT2D eigenvalue weighted by molar-refractivity contribution is 5.39. The van der Waals surface area contributed by atoms with Crippen LogP contribution >= 0.6 is 0 Å². The molecule has 0 radical (unpaired) electrons. The largest absolute Gasteiger partial charge is 0.489 e. The van der Waals surface area contributed by atoms with Crippen LogP contribution in [-0.2, 0) is 13.2 Å². The zero-order valence-electron chi connectivity index (χ0n) is 17.3. The molecular weight excluding hydrogens is 396 g/mol. The smallest absolute Gasteiger partial charge is 0.257 e. The Kier molecular flexibility index (Phi) is 9.12. The van der Waals surface area contributed by atoms with Gasteiger partial charge in [0.05, 0.1) is 12.8 Å². The van der Waals surface area contributed by atoms with Crippen molar-refractivity contribution in [3.8, 4) is 17.4 Å². The molecule has 0 bridgehead atoms. The van der Waals surface area contributed by atoms with Crippen LogP contribution in [0.3, 0.4) is 0 Å². The summed E-state index contributed by atoms with van der Waals surface area (Å²) in [6, 6.07) is 21.4. The second-order valence-corrected chi connectivity index (χ2v) is 6.92. The molecule has 0 fully saturated rings. The van der Waals surface area contributed by atoms with Gasteiger partial charge in [0, 0.05) is 19.2 Å². The Labute approximate surface area is 182 Å². The fraction of sp³-hybridized carbons (Fsp3) is 0.292. The maximum absolute atomic E-state index is 9.98. The Balaban J connectivity index is 1.65. The Morgan fingerprint density at radius 2 is 1.52 bits per heavy atom. The summed E-state index contributed by atoms with van der Waals surface area (Å²) >= 11 is 0. The van der Waals surface area contributed by atoms with Crippen molar-refractivity contribution in [2.75, 3.05) is 26.3 Å². The highest BCUT2D eigenvalue weighted by atomic mass is 16.5. The van der Waals surface area contributed by atoms with E-state index in [0.29, 0.717) is 43.7 Å². The average Bonchev–Trinajstić information content (AvgIpc) is 2.82. The first kappa shape index (κ1) is 22.6. The number of aliphatic hydroxyl groups is 2. The van der Waals surface area contributed by atoms with E-state index in [4.69, 9.17) is 19.3 Å². The van der Waals surface area contributed by atoms with Crippen molar-refractivity contribution in [1.82, 2.24) is 10.3 Å². The average molecular weight is 424 g/mol. The SMILES string of the molecule is OCCNC[C@@H](O)COc1cnc(OCc2ccccc2)c(OCc2ccccc2)c1. The maximum atomic E-state index is 9.98. The van der Waals surface area contributed by atoms with Crippen LogP contribution < -0.4 is 19.5 Å². The highest BCUT2D eigenvalue weighted by Crippen LogP contribution is 2.30. The van der Waals surface area contributed by atoms with Crippen LogP contribution in [0, 0.1) is 0 Å². The highest BCUT2D eigenvalue weighted by Gasteiger charge is 2.12. The zero-order chi connectivity index (χ0) is 21.7. The fourth-order valence-electron chi connectivity index (χ4n) is 2.77. The minimum absolute atomic E-state index is 0.0179. The van der Waals surface area contributed by atoms with Crippen molar-refractivity contribution >= 4 is 0 Å². The molecule has 0 aliphatic carbocycles. The molecule has 0 spiro atoms. The van der Waals surface area contributed by atoms with Gasteiger partial charge in [-0.05, 0) is 11.1 Å². The second kappa shape index (κ2) is 12.5. The van der Waals surface area contributed by atoms with Gasteiger partial charge in [0.2, 0.25) is 0 Å². The molecule has 0 aliphatic heterocycles. The lowest BCUT2D eigenvalue weighted by Gasteiger charge is -2.15. The summed E-state index contributed by atoms with van der Waals surface area (Å²) in [5.41, 5.74) is 2.05.